The zero-order valence-corrected chi connectivity index (χ0v) is 12.6. The van der Waals surface area contributed by atoms with Crippen LogP contribution in [0.2, 0.25) is 0 Å². The van der Waals surface area contributed by atoms with Crippen LogP contribution in [0.3, 0.4) is 0 Å². The van der Waals surface area contributed by atoms with Gasteiger partial charge in [-0.25, -0.2) is 0 Å². The van der Waals surface area contributed by atoms with Crippen LogP contribution in [0.1, 0.15) is 52.4 Å². The van der Waals surface area contributed by atoms with Crippen LogP contribution in [0.4, 0.5) is 0 Å². The number of likely N-dealkylation sites (N-methyl/N-ethyl adjacent to an activating group) is 1. The molecule has 110 valence electrons. The lowest BCUT2D eigenvalue weighted by atomic mass is 10.1. The van der Waals surface area contributed by atoms with E-state index in [2.05, 4.69) is 29.4 Å². The van der Waals surface area contributed by atoms with Crippen LogP contribution in [0.25, 0.3) is 0 Å². The number of nitrogens with one attached hydrogen (secondary N) is 2. The van der Waals surface area contributed by atoms with E-state index in [0.717, 1.165) is 25.4 Å². The molecule has 1 aliphatic carbocycles. The second-order valence-electron chi connectivity index (χ2n) is 6.34. The maximum Gasteiger partial charge on any atom is 0.236 e. The van der Waals surface area contributed by atoms with Crippen LogP contribution in [0, 0.1) is 0 Å². The predicted octanol–water partition coefficient (Wildman–Crippen LogP) is 1.51. The first kappa shape index (κ1) is 14.8. The van der Waals surface area contributed by atoms with Gasteiger partial charge in [-0.2, -0.15) is 0 Å². The van der Waals surface area contributed by atoms with E-state index in [9.17, 15) is 4.79 Å². The summed E-state index contributed by atoms with van der Waals surface area (Å²) in [5, 5.41) is 6.24. The smallest absolute Gasteiger partial charge is 0.236 e. The summed E-state index contributed by atoms with van der Waals surface area (Å²) in [5.41, 5.74) is 0. The van der Waals surface area contributed by atoms with Crippen molar-refractivity contribution in [1.82, 2.24) is 15.5 Å². The summed E-state index contributed by atoms with van der Waals surface area (Å²) < 4.78 is 0. The summed E-state index contributed by atoms with van der Waals surface area (Å²) in [7, 11) is 1.72. The Balaban J connectivity index is 1.86. The fraction of sp³-hybridized carbons (Fsp3) is 0.933. The van der Waals surface area contributed by atoms with Crippen LogP contribution in [0.5, 0.6) is 0 Å². The second kappa shape index (κ2) is 6.71. The third-order valence-electron chi connectivity index (χ3n) is 4.69. The van der Waals surface area contributed by atoms with Crippen LogP contribution in [0.15, 0.2) is 0 Å². The van der Waals surface area contributed by atoms with Crippen LogP contribution in [-0.2, 0) is 4.79 Å². The molecule has 19 heavy (non-hydrogen) atoms. The van der Waals surface area contributed by atoms with E-state index >= 15 is 0 Å². The van der Waals surface area contributed by atoms with Crippen LogP contribution < -0.4 is 10.6 Å². The molecule has 0 spiro atoms. The van der Waals surface area contributed by atoms with Gasteiger partial charge in [0, 0.05) is 31.7 Å². The van der Waals surface area contributed by atoms with Gasteiger partial charge < -0.3 is 10.6 Å². The van der Waals surface area contributed by atoms with Crippen molar-refractivity contribution in [2.45, 2.75) is 76.5 Å². The molecule has 1 saturated carbocycles. The number of carbonyl (C=O) groups excluding carboxylic acids is 1. The Kier molecular flexibility index (Phi) is 5.22. The van der Waals surface area contributed by atoms with Gasteiger partial charge in [0.05, 0.1) is 6.04 Å². The highest BCUT2D eigenvalue weighted by molar-refractivity contribution is 5.81. The topological polar surface area (TPSA) is 44.4 Å². The Hall–Kier alpha value is -0.610. The molecule has 1 amide bonds. The van der Waals surface area contributed by atoms with Crippen molar-refractivity contribution in [2.24, 2.45) is 0 Å². The van der Waals surface area contributed by atoms with Gasteiger partial charge in [0.1, 0.15) is 0 Å². The molecule has 4 nitrogen and oxygen atoms in total. The first-order chi connectivity index (χ1) is 9.11. The van der Waals surface area contributed by atoms with E-state index in [1.165, 1.54) is 25.7 Å². The Labute approximate surface area is 117 Å². The molecule has 2 unspecified atom stereocenters. The maximum atomic E-state index is 11.6. The molecule has 1 heterocycles. The third kappa shape index (κ3) is 3.69. The molecule has 2 fully saturated rings. The first-order valence-corrected chi connectivity index (χ1v) is 7.85. The molecule has 0 radical (unpaired) electrons. The summed E-state index contributed by atoms with van der Waals surface area (Å²) in [4.78, 5) is 14.3. The van der Waals surface area contributed by atoms with Gasteiger partial charge >= 0.3 is 0 Å². The van der Waals surface area contributed by atoms with Crippen LogP contribution >= 0.6 is 0 Å². The van der Waals surface area contributed by atoms with Gasteiger partial charge in [0.2, 0.25) is 5.91 Å². The van der Waals surface area contributed by atoms with E-state index in [1.807, 2.05) is 0 Å². The Morgan fingerprint density at radius 1 is 1.26 bits per heavy atom. The van der Waals surface area contributed by atoms with Crippen molar-refractivity contribution in [2.75, 3.05) is 13.6 Å². The third-order valence-corrected chi connectivity index (χ3v) is 4.69. The zero-order valence-electron chi connectivity index (χ0n) is 12.6. The van der Waals surface area contributed by atoms with Gasteiger partial charge in [-0.05, 0) is 39.5 Å². The largest absolute Gasteiger partial charge is 0.358 e. The number of carbonyl (C=O) groups is 1. The molecule has 0 aromatic heterocycles. The van der Waals surface area contributed by atoms with Gasteiger partial charge in [-0.15, -0.1) is 0 Å². The average Bonchev–Trinajstić information content (AvgIpc) is 3.05. The number of hydrogen-bond acceptors (Lipinski definition) is 3. The molecule has 0 bridgehead atoms. The summed E-state index contributed by atoms with van der Waals surface area (Å²) in [5.74, 6) is 0.138. The van der Waals surface area contributed by atoms with Crippen LogP contribution in [-0.4, -0.2) is 48.6 Å². The van der Waals surface area contributed by atoms with Gasteiger partial charge in [-0.3, -0.25) is 9.69 Å². The normalized spacial score (nSPS) is 28.5. The number of amides is 1. The Morgan fingerprint density at radius 3 is 2.53 bits per heavy atom. The lowest BCUT2D eigenvalue weighted by Gasteiger charge is -2.34. The molecule has 4 heteroatoms. The van der Waals surface area contributed by atoms with Crippen molar-refractivity contribution in [3.8, 4) is 0 Å². The van der Waals surface area contributed by atoms with Crippen molar-refractivity contribution < 1.29 is 4.79 Å². The minimum absolute atomic E-state index is 0.0209. The highest BCUT2D eigenvalue weighted by Gasteiger charge is 2.32. The molecule has 2 rings (SSSR count). The molecular weight excluding hydrogens is 238 g/mol. The molecule has 2 N–H and O–H groups in total. The molecular formula is C15H29N3O. The van der Waals surface area contributed by atoms with Gasteiger partial charge in [-0.1, -0.05) is 12.8 Å². The minimum Gasteiger partial charge on any atom is -0.358 e. The lowest BCUT2D eigenvalue weighted by molar-refractivity contribution is -0.122. The monoisotopic (exact) mass is 267 g/mol. The zero-order chi connectivity index (χ0) is 13.8. The molecule has 1 aliphatic heterocycles. The number of rotatable bonds is 5. The van der Waals surface area contributed by atoms with E-state index < -0.39 is 0 Å². The fourth-order valence-electron chi connectivity index (χ4n) is 3.62. The quantitative estimate of drug-likeness (QED) is 0.793. The fourth-order valence-corrected chi connectivity index (χ4v) is 3.62. The lowest BCUT2D eigenvalue weighted by Crippen LogP contribution is -2.49. The summed E-state index contributed by atoms with van der Waals surface area (Å²) in [6.45, 7) is 5.68. The average molecular weight is 267 g/mol. The Morgan fingerprint density at radius 2 is 1.95 bits per heavy atom. The van der Waals surface area contributed by atoms with Crippen molar-refractivity contribution in [3.63, 3.8) is 0 Å². The molecule has 2 aliphatic rings. The van der Waals surface area contributed by atoms with E-state index in [0.29, 0.717) is 12.1 Å². The summed E-state index contributed by atoms with van der Waals surface area (Å²) >= 11 is 0. The summed E-state index contributed by atoms with van der Waals surface area (Å²) in [6, 6.07) is 1.86. The first-order valence-electron chi connectivity index (χ1n) is 7.85. The maximum absolute atomic E-state index is 11.6. The van der Waals surface area contributed by atoms with Gasteiger partial charge in [0.25, 0.3) is 0 Å². The molecule has 1 saturated heterocycles. The second-order valence-corrected chi connectivity index (χ2v) is 6.34. The summed E-state index contributed by atoms with van der Waals surface area (Å²) in [6.07, 6.45) is 7.56. The SMILES string of the molecule is CNC(=O)C1CCC(CN(C(C)C)C2CCCC2)N1. The number of hydrogen-bond donors (Lipinski definition) is 2. The predicted molar refractivity (Wildman–Crippen MR) is 78.1 cm³/mol. The van der Waals surface area contributed by atoms with Crippen molar-refractivity contribution >= 4 is 5.91 Å². The van der Waals surface area contributed by atoms with E-state index in [1.54, 1.807) is 7.05 Å². The molecule has 0 aromatic rings. The Bertz CT molecular complexity index is 300. The molecule has 0 aromatic carbocycles. The minimum atomic E-state index is 0.0209. The van der Waals surface area contributed by atoms with E-state index in [4.69, 9.17) is 0 Å². The number of nitrogens with zero attached hydrogens (tertiary/aromatic N) is 1. The van der Waals surface area contributed by atoms with Gasteiger partial charge in [0.15, 0.2) is 0 Å². The highest BCUT2D eigenvalue weighted by atomic mass is 16.2. The van der Waals surface area contributed by atoms with Crippen molar-refractivity contribution in [1.29, 1.82) is 0 Å². The standard InChI is InChI=1S/C15H29N3O/c1-11(2)18(13-6-4-5-7-13)10-12-8-9-14(17-12)15(19)16-3/h11-14,17H,4-10H2,1-3H3,(H,16,19). The van der Waals surface area contributed by atoms with E-state index in [-0.39, 0.29) is 11.9 Å². The van der Waals surface area contributed by atoms with Crippen molar-refractivity contribution in [3.05, 3.63) is 0 Å². The highest BCUT2D eigenvalue weighted by Crippen LogP contribution is 2.26. The molecule has 2 atom stereocenters.